The molecule has 1 amide bonds. The Morgan fingerprint density at radius 1 is 1.14 bits per heavy atom. The topological polar surface area (TPSA) is 92.8 Å². The molecule has 0 spiro atoms. The average Bonchev–Trinajstić information content (AvgIpc) is 3.22. The first-order valence-corrected chi connectivity index (χ1v) is 10.6. The summed E-state index contributed by atoms with van der Waals surface area (Å²) in [6.07, 6.45) is 1.63. The van der Waals surface area contributed by atoms with Gasteiger partial charge in [-0.2, -0.15) is 4.31 Å². The van der Waals surface area contributed by atoms with E-state index in [0.717, 1.165) is 25.0 Å². The predicted molar refractivity (Wildman–Crippen MR) is 105 cm³/mol. The molecule has 29 heavy (non-hydrogen) atoms. The molecule has 1 heterocycles. The van der Waals surface area contributed by atoms with Crippen LogP contribution in [0.3, 0.4) is 0 Å². The van der Waals surface area contributed by atoms with Gasteiger partial charge in [-0.3, -0.25) is 4.79 Å². The summed E-state index contributed by atoms with van der Waals surface area (Å²) in [5, 5.41) is 2.59. The molecule has 154 valence electrons. The van der Waals surface area contributed by atoms with Crippen LogP contribution in [-0.2, 0) is 19.6 Å². The van der Waals surface area contributed by atoms with Crippen LogP contribution >= 0.6 is 11.6 Å². The van der Waals surface area contributed by atoms with Crippen molar-refractivity contribution in [1.29, 1.82) is 0 Å². The molecule has 0 aromatic heterocycles. The highest BCUT2D eigenvalue weighted by molar-refractivity contribution is 7.89. The minimum absolute atomic E-state index is 0.0671. The molecule has 0 aliphatic carbocycles. The van der Waals surface area contributed by atoms with E-state index in [0.29, 0.717) is 13.1 Å². The lowest BCUT2D eigenvalue weighted by atomic mass is 10.2. The van der Waals surface area contributed by atoms with E-state index in [4.69, 9.17) is 16.3 Å². The van der Waals surface area contributed by atoms with Gasteiger partial charge < -0.3 is 10.1 Å². The first kappa shape index (κ1) is 21.2. The maximum absolute atomic E-state index is 13.7. The number of carbonyl (C=O) groups is 2. The molecule has 3 rings (SSSR count). The Kier molecular flexibility index (Phi) is 6.51. The van der Waals surface area contributed by atoms with Gasteiger partial charge in [0.1, 0.15) is 5.82 Å². The van der Waals surface area contributed by atoms with E-state index >= 15 is 0 Å². The number of carbonyl (C=O) groups excluding carboxylic acids is 2. The van der Waals surface area contributed by atoms with Crippen molar-refractivity contribution in [2.24, 2.45) is 0 Å². The van der Waals surface area contributed by atoms with Crippen LogP contribution in [0, 0.1) is 5.82 Å². The van der Waals surface area contributed by atoms with Gasteiger partial charge in [0.05, 0.1) is 10.5 Å². The van der Waals surface area contributed by atoms with Gasteiger partial charge in [0.25, 0.3) is 5.91 Å². The Labute approximate surface area is 172 Å². The third-order valence-corrected chi connectivity index (χ3v) is 6.44. The number of rotatable bonds is 6. The molecule has 7 nitrogen and oxygen atoms in total. The highest BCUT2D eigenvalue weighted by Gasteiger charge is 2.27. The zero-order valence-electron chi connectivity index (χ0n) is 15.2. The fraction of sp³-hybridized carbons (Fsp3) is 0.263. The summed E-state index contributed by atoms with van der Waals surface area (Å²) in [5.41, 5.74) is -0.107. The van der Waals surface area contributed by atoms with E-state index < -0.39 is 34.3 Å². The number of benzene rings is 2. The van der Waals surface area contributed by atoms with Crippen molar-refractivity contribution in [2.45, 2.75) is 17.7 Å². The highest BCUT2D eigenvalue weighted by Crippen LogP contribution is 2.23. The minimum Gasteiger partial charge on any atom is -0.452 e. The molecule has 1 aliphatic rings. The van der Waals surface area contributed by atoms with Gasteiger partial charge in [0, 0.05) is 23.8 Å². The van der Waals surface area contributed by atoms with E-state index in [1.807, 2.05) is 0 Å². The zero-order chi connectivity index (χ0) is 21.0. The van der Waals surface area contributed by atoms with E-state index in [9.17, 15) is 22.4 Å². The minimum atomic E-state index is -3.62. The summed E-state index contributed by atoms with van der Waals surface area (Å²) in [5.74, 6) is -2.56. The molecule has 2 aromatic carbocycles. The van der Waals surface area contributed by atoms with E-state index in [2.05, 4.69) is 5.32 Å². The van der Waals surface area contributed by atoms with Crippen molar-refractivity contribution in [3.8, 4) is 0 Å². The van der Waals surface area contributed by atoms with Crippen molar-refractivity contribution < 1.29 is 27.1 Å². The Bertz CT molecular complexity index is 1040. The van der Waals surface area contributed by atoms with Crippen LogP contribution < -0.4 is 5.32 Å². The third kappa shape index (κ3) is 5.11. The largest absolute Gasteiger partial charge is 0.452 e. The van der Waals surface area contributed by atoms with Crippen LogP contribution in [0.5, 0.6) is 0 Å². The molecule has 0 atom stereocenters. The number of ether oxygens (including phenoxy) is 1. The van der Waals surface area contributed by atoms with Crippen LogP contribution in [0.1, 0.15) is 23.2 Å². The lowest BCUT2D eigenvalue weighted by Crippen LogP contribution is -2.28. The summed E-state index contributed by atoms with van der Waals surface area (Å²) in [6.45, 7) is 0.274. The lowest BCUT2D eigenvalue weighted by molar-refractivity contribution is -0.119. The van der Waals surface area contributed by atoms with Crippen LogP contribution in [0.2, 0.25) is 5.02 Å². The molecule has 10 heteroatoms. The Morgan fingerprint density at radius 2 is 1.86 bits per heavy atom. The third-order valence-electron chi connectivity index (χ3n) is 4.31. The summed E-state index contributed by atoms with van der Waals surface area (Å²) in [4.78, 5) is 24.0. The lowest BCUT2D eigenvalue weighted by Gasteiger charge is -2.16. The quantitative estimate of drug-likeness (QED) is 0.697. The number of esters is 1. The van der Waals surface area contributed by atoms with Crippen LogP contribution in [0.4, 0.5) is 10.1 Å². The van der Waals surface area contributed by atoms with Crippen LogP contribution in [0.15, 0.2) is 47.4 Å². The maximum Gasteiger partial charge on any atom is 0.341 e. The molecule has 2 aromatic rings. The smallest absolute Gasteiger partial charge is 0.341 e. The predicted octanol–water partition coefficient (Wildman–Crippen LogP) is 3.06. The normalized spacial score (nSPS) is 14.6. The summed E-state index contributed by atoms with van der Waals surface area (Å²) in [7, 11) is -3.62. The van der Waals surface area contributed by atoms with Crippen LogP contribution in [0.25, 0.3) is 0 Å². The number of sulfonamides is 1. The number of nitrogens with one attached hydrogen (secondary N) is 1. The summed E-state index contributed by atoms with van der Waals surface area (Å²) in [6, 6.07) is 9.26. The van der Waals surface area contributed by atoms with Gasteiger partial charge in [0.15, 0.2) is 6.61 Å². The van der Waals surface area contributed by atoms with Crippen molar-refractivity contribution in [3.63, 3.8) is 0 Å². The van der Waals surface area contributed by atoms with Gasteiger partial charge in [-0.1, -0.05) is 17.7 Å². The van der Waals surface area contributed by atoms with Crippen molar-refractivity contribution in [3.05, 3.63) is 58.9 Å². The molecule has 0 saturated carbocycles. The van der Waals surface area contributed by atoms with Crippen molar-refractivity contribution in [2.75, 3.05) is 25.0 Å². The highest BCUT2D eigenvalue weighted by atomic mass is 35.5. The first-order valence-electron chi connectivity index (χ1n) is 8.79. The molecule has 1 aliphatic heterocycles. The monoisotopic (exact) mass is 440 g/mol. The maximum atomic E-state index is 13.7. The van der Waals surface area contributed by atoms with E-state index in [-0.39, 0.29) is 21.2 Å². The van der Waals surface area contributed by atoms with Gasteiger partial charge in [0.2, 0.25) is 10.0 Å². The fourth-order valence-electron chi connectivity index (χ4n) is 2.87. The van der Waals surface area contributed by atoms with Gasteiger partial charge >= 0.3 is 5.97 Å². The molecule has 1 N–H and O–H groups in total. The number of hydrogen-bond donors (Lipinski definition) is 1. The average molecular weight is 441 g/mol. The molecule has 0 radical (unpaired) electrons. The van der Waals surface area contributed by atoms with Crippen LogP contribution in [-0.4, -0.2) is 44.3 Å². The Balaban J connectivity index is 1.61. The SMILES string of the molecule is O=C(COC(=O)c1ccc(Cl)cc1F)Nc1cccc(S(=O)(=O)N2CCCC2)c1. The molecule has 0 bridgehead atoms. The fourth-order valence-corrected chi connectivity index (χ4v) is 4.60. The van der Waals surface area contributed by atoms with Crippen molar-refractivity contribution >= 4 is 39.2 Å². The number of amides is 1. The second kappa shape index (κ2) is 8.89. The molecule has 1 saturated heterocycles. The molecular weight excluding hydrogens is 423 g/mol. The summed E-state index contributed by atoms with van der Waals surface area (Å²) < 4.78 is 45.1. The number of hydrogen-bond acceptors (Lipinski definition) is 5. The molecular formula is C19H18ClFN2O5S. The first-order chi connectivity index (χ1) is 13.8. The Morgan fingerprint density at radius 3 is 2.55 bits per heavy atom. The number of anilines is 1. The number of halogens is 2. The number of nitrogens with zero attached hydrogens (tertiary/aromatic N) is 1. The molecule has 0 unspecified atom stereocenters. The second-order valence-electron chi connectivity index (χ2n) is 6.39. The standard InChI is InChI=1S/C19H18ClFN2O5S/c20-13-6-7-16(17(21)10-13)19(25)28-12-18(24)22-14-4-3-5-15(11-14)29(26,27)23-8-1-2-9-23/h3-7,10-11H,1-2,8-9,12H2,(H,22,24). The van der Waals surface area contributed by atoms with E-state index in [1.165, 1.54) is 34.6 Å². The molecule has 1 fully saturated rings. The van der Waals surface area contributed by atoms with E-state index in [1.54, 1.807) is 0 Å². The zero-order valence-corrected chi connectivity index (χ0v) is 16.8. The summed E-state index contributed by atoms with van der Waals surface area (Å²) >= 11 is 5.62. The van der Waals surface area contributed by atoms with Gasteiger partial charge in [-0.15, -0.1) is 0 Å². The van der Waals surface area contributed by atoms with Gasteiger partial charge in [-0.25, -0.2) is 17.6 Å². The van der Waals surface area contributed by atoms with Gasteiger partial charge in [-0.05, 0) is 49.2 Å². The Hall–Kier alpha value is -2.49. The van der Waals surface area contributed by atoms with Crippen molar-refractivity contribution in [1.82, 2.24) is 4.31 Å². The second-order valence-corrected chi connectivity index (χ2v) is 8.76.